The van der Waals surface area contributed by atoms with Crippen LogP contribution in [0.25, 0.3) is 5.57 Å². The van der Waals surface area contributed by atoms with Crippen LogP contribution in [-0.2, 0) is 14.3 Å². The number of carbonyl (C=O) groups is 2. The van der Waals surface area contributed by atoms with Gasteiger partial charge in [0.2, 0.25) is 0 Å². The minimum Gasteiger partial charge on any atom is -0.465 e. The zero-order chi connectivity index (χ0) is 14.6. The minimum atomic E-state index is -0.536. The minimum absolute atomic E-state index is 0.248. The van der Waals surface area contributed by atoms with E-state index in [-0.39, 0.29) is 5.57 Å². The van der Waals surface area contributed by atoms with E-state index in [1.165, 1.54) is 7.11 Å². The highest BCUT2D eigenvalue weighted by Gasteiger charge is 2.18. The van der Waals surface area contributed by atoms with Crippen LogP contribution in [0, 0.1) is 0 Å². The molecule has 0 amide bonds. The van der Waals surface area contributed by atoms with Gasteiger partial charge in [-0.05, 0) is 38.5 Å². The monoisotopic (exact) mass is 262 g/mol. The summed E-state index contributed by atoms with van der Waals surface area (Å²) in [5.41, 5.74) is 0.750. The van der Waals surface area contributed by atoms with Crippen LogP contribution in [0.4, 0.5) is 0 Å². The summed E-state index contributed by atoms with van der Waals surface area (Å²) < 4.78 is 9.82. The number of ether oxygens (including phenoxy) is 2. The van der Waals surface area contributed by atoms with Crippen molar-refractivity contribution < 1.29 is 19.1 Å². The molecule has 0 bridgehead atoms. The van der Waals surface area contributed by atoms with E-state index in [1.54, 1.807) is 45.0 Å². The van der Waals surface area contributed by atoms with Crippen molar-refractivity contribution in [3.8, 4) is 0 Å². The van der Waals surface area contributed by atoms with Crippen molar-refractivity contribution >= 4 is 17.5 Å². The number of esters is 2. The Labute approximate surface area is 113 Å². The molecule has 0 fully saturated rings. The highest BCUT2D eigenvalue weighted by atomic mass is 16.6. The summed E-state index contributed by atoms with van der Waals surface area (Å²) in [6.45, 7) is 9.05. The molecule has 0 N–H and O–H groups in total. The molecule has 102 valence electrons. The summed E-state index contributed by atoms with van der Waals surface area (Å²) in [7, 11) is 1.29. The molecular formula is C15H18O4. The van der Waals surface area contributed by atoms with Crippen LogP contribution in [0.5, 0.6) is 0 Å². The third-order valence-corrected chi connectivity index (χ3v) is 2.30. The summed E-state index contributed by atoms with van der Waals surface area (Å²) in [6.07, 6.45) is 0. The largest absolute Gasteiger partial charge is 0.465 e. The number of carbonyl (C=O) groups excluding carboxylic acids is 2. The predicted octanol–water partition coefficient (Wildman–Crippen LogP) is 2.83. The lowest BCUT2D eigenvalue weighted by molar-refractivity contribution is -0.133. The molecule has 0 atom stereocenters. The third-order valence-electron chi connectivity index (χ3n) is 2.30. The van der Waals surface area contributed by atoms with Gasteiger partial charge < -0.3 is 9.47 Å². The van der Waals surface area contributed by atoms with Gasteiger partial charge in [-0.1, -0.05) is 18.7 Å². The van der Waals surface area contributed by atoms with Crippen molar-refractivity contribution in [2.75, 3.05) is 7.11 Å². The summed E-state index contributed by atoms with van der Waals surface area (Å²) >= 11 is 0. The Morgan fingerprint density at radius 1 is 1.05 bits per heavy atom. The number of benzene rings is 1. The fraction of sp³-hybridized carbons (Fsp3) is 0.333. The molecule has 4 nitrogen and oxygen atoms in total. The molecule has 1 aromatic rings. The quantitative estimate of drug-likeness (QED) is 0.621. The fourth-order valence-corrected chi connectivity index (χ4v) is 1.39. The molecule has 0 saturated carbocycles. The molecule has 0 aliphatic rings. The molecule has 1 aromatic carbocycles. The van der Waals surface area contributed by atoms with Gasteiger partial charge in [-0.15, -0.1) is 0 Å². The molecular weight excluding hydrogens is 244 g/mol. The van der Waals surface area contributed by atoms with Gasteiger partial charge in [0, 0.05) is 0 Å². The summed E-state index contributed by atoms with van der Waals surface area (Å²) in [5, 5.41) is 0. The predicted molar refractivity (Wildman–Crippen MR) is 72.7 cm³/mol. The van der Waals surface area contributed by atoms with Gasteiger partial charge >= 0.3 is 11.9 Å². The molecule has 0 saturated heterocycles. The number of hydrogen-bond donors (Lipinski definition) is 0. The van der Waals surface area contributed by atoms with Gasteiger partial charge in [-0.2, -0.15) is 0 Å². The first-order chi connectivity index (χ1) is 8.74. The van der Waals surface area contributed by atoms with Crippen LogP contribution in [0.3, 0.4) is 0 Å². The second kappa shape index (κ2) is 5.69. The van der Waals surface area contributed by atoms with Crippen LogP contribution in [0.2, 0.25) is 0 Å². The Morgan fingerprint density at radius 2 is 1.53 bits per heavy atom. The van der Waals surface area contributed by atoms with Crippen LogP contribution in [0.1, 0.15) is 36.7 Å². The van der Waals surface area contributed by atoms with Crippen LogP contribution >= 0.6 is 0 Å². The first-order valence-corrected chi connectivity index (χ1v) is 5.85. The third kappa shape index (κ3) is 4.25. The average Bonchev–Trinajstić information content (AvgIpc) is 2.35. The summed E-state index contributed by atoms with van der Waals surface area (Å²) in [6, 6.07) is 6.46. The number of methoxy groups -OCH3 is 1. The Balaban J connectivity index is 2.85. The Morgan fingerprint density at radius 3 is 1.95 bits per heavy atom. The van der Waals surface area contributed by atoms with Crippen LogP contribution in [0.15, 0.2) is 30.8 Å². The molecule has 0 spiro atoms. The van der Waals surface area contributed by atoms with E-state index in [4.69, 9.17) is 4.74 Å². The highest BCUT2D eigenvalue weighted by molar-refractivity contribution is 6.15. The first-order valence-electron chi connectivity index (χ1n) is 5.85. The van der Waals surface area contributed by atoms with E-state index >= 15 is 0 Å². The Kier molecular flexibility index (Phi) is 4.48. The van der Waals surface area contributed by atoms with E-state index in [1.807, 2.05) is 0 Å². The van der Waals surface area contributed by atoms with Gasteiger partial charge in [0.05, 0.1) is 18.2 Å². The maximum Gasteiger partial charge on any atom is 0.338 e. The van der Waals surface area contributed by atoms with Crippen LogP contribution < -0.4 is 0 Å². The van der Waals surface area contributed by atoms with Gasteiger partial charge in [0.25, 0.3) is 0 Å². The standard InChI is InChI=1S/C15H18O4/c1-10(13(16)18-5)11-6-8-12(9-7-11)14(17)19-15(2,3)4/h6-9H,1H2,2-5H3. The summed E-state index contributed by atoms with van der Waals surface area (Å²) in [5.74, 6) is -0.896. The first kappa shape index (κ1) is 15.0. The lowest BCUT2D eigenvalue weighted by atomic mass is 10.1. The normalized spacial score (nSPS) is 10.7. The number of rotatable bonds is 3. The second-order valence-corrected chi connectivity index (χ2v) is 5.05. The molecule has 1 rings (SSSR count). The summed E-state index contributed by atoms with van der Waals surface area (Å²) in [4.78, 5) is 23.1. The van der Waals surface area contributed by atoms with Gasteiger partial charge in [0.15, 0.2) is 0 Å². The smallest absolute Gasteiger partial charge is 0.338 e. The van der Waals surface area contributed by atoms with E-state index in [0.29, 0.717) is 11.1 Å². The molecule has 4 heteroatoms. The molecule has 0 radical (unpaired) electrons. The Hall–Kier alpha value is -2.10. The zero-order valence-corrected chi connectivity index (χ0v) is 11.6. The fourth-order valence-electron chi connectivity index (χ4n) is 1.39. The maximum atomic E-state index is 11.8. The molecule has 0 aromatic heterocycles. The molecule has 19 heavy (non-hydrogen) atoms. The zero-order valence-electron chi connectivity index (χ0n) is 11.6. The maximum absolute atomic E-state index is 11.8. The van der Waals surface area contributed by atoms with Crippen molar-refractivity contribution in [3.63, 3.8) is 0 Å². The Bertz CT molecular complexity index is 492. The van der Waals surface area contributed by atoms with Crippen molar-refractivity contribution in [1.29, 1.82) is 0 Å². The van der Waals surface area contributed by atoms with E-state index in [9.17, 15) is 9.59 Å². The topological polar surface area (TPSA) is 52.6 Å². The van der Waals surface area contributed by atoms with E-state index < -0.39 is 17.5 Å². The van der Waals surface area contributed by atoms with E-state index in [0.717, 1.165) is 0 Å². The average molecular weight is 262 g/mol. The second-order valence-electron chi connectivity index (χ2n) is 5.05. The number of hydrogen-bond acceptors (Lipinski definition) is 4. The SMILES string of the molecule is C=C(C(=O)OC)c1ccc(C(=O)OC(C)(C)C)cc1. The van der Waals surface area contributed by atoms with Gasteiger partial charge in [-0.3, -0.25) is 0 Å². The van der Waals surface area contributed by atoms with Crippen molar-refractivity contribution in [2.45, 2.75) is 26.4 Å². The molecule has 0 aliphatic heterocycles. The van der Waals surface area contributed by atoms with Crippen molar-refractivity contribution in [2.24, 2.45) is 0 Å². The van der Waals surface area contributed by atoms with Crippen LogP contribution in [-0.4, -0.2) is 24.6 Å². The van der Waals surface area contributed by atoms with Crippen molar-refractivity contribution in [3.05, 3.63) is 42.0 Å². The van der Waals surface area contributed by atoms with Gasteiger partial charge in [-0.25, -0.2) is 9.59 Å². The van der Waals surface area contributed by atoms with Gasteiger partial charge in [0.1, 0.15) is 5.60 Å². The lowest BCUT2D eigenvalue weighted by Crippen LogP contribution is -2.23. The molecule has 0 unspecified atom stereocenters. The highest BCUT2D eigenvalue weighted by Crippen LogP contribution is 2.17. The molecule has 0 aliphatic carbocycles. The van der Waals surface area contributed by atoms with Crippen molar-refractivity contribution in [1.82, 2.24) is 0 Å². The van der Waals surface area contributed by atoms with E-state index in [2.05, 4.69) is 11.3 Å². The lowest BCUT2D eigenvalue weighted by Gasteiger charge is -2.19. The molecule has 0 heterocycles.